The maximum absolute atomic E-state index is 13.2. The van der Waals surface area contributed by atoms with Crippen LogP contribution in [0.5, 0.6) is 0 Å². The molecule has 0 unspecified atom stereocenters. The highest BCUT2D eigenvalue weighted by atomic mass is 16.6. The first kappa shape index (κ1) is 25.4. The molecule has 0 aliphatic carbocycles. The van der Waals surface area contributed by atoms with Crippen LogP contribution in [0.2, 0.25) is 0 Å². The van der Waals surface area contributed by atoms with Crippen LogP contribution in [-0.2, 0) is 23.9 Å². The summed E-state index contributed by atoms with van der Waals surface area (Å²) < 4.78 is 5.26. The Morgan fingerprint density at radius 3 is 2.09 bits per heavy atom. The zero-order chi connectivity index (χ0) is 24.4. The number of ether oxygens (including phenoxy) is 1. The number of hydrogen-bond donors (Lipinski definition) is 3. The number of carboxylic acid groups (broad SMARTS) is 2. The summed E-state index contributed by atoms with van der Waals surface area (Å²) in [7, 11) is 0. The highest BCUT2D eigenvalue weighted by Gasteiger charge is 2.61. The Kier molecular flexibility index (Phi) is 7.74. The Balaban J connectivity index is 2.08. The fourth-order valence-electron chi connectivity index (χ4n) is 3.97. The summed E-state index contributed by atoms with van der Waals surface area (Å²) in [5.74, 6) is -4.26. The number of carbonyl (C=O) groups excluding carboxylic acids is 3. The Labute approximate surface area is 187 Å². The van der Waals surface area contributed by atoms with Gasteiger partial charge in [0.25, 0.3) is 0 Å². The number of likely N-dealkylation sites (tertiary alicyclic amines) is 1. The summed E-state index contributed by atoms with van der Waals surface area (Å²) in [6.45, 7) is 9.41. The van der Waals surface area contributed by atoms with E-state index in [1.54, 1.807) is 20.8 Å². The molecule has 0 spiro atoms. The van der Waals surface area contributed by atoms with Crippen molar-refractivity contribution >= 4 is 29.8 Å². The van der Waals surface area contributed by atoms with Gasteiger partial charge in [0.1, 0.15) is 11.6 Å². The summed E-state index contributed by atoms with van der Waals surface area (Å²) in [6.07, 6.45) is 0.596. The molecule has 2 saturated heterocycles. The number of nitrogens with zero attached hydrogens (tertiary/aromatic N) is 2. The topological polar surface area (TPSA) is 153 Å². The first-order chi connectivity index (χ1) is 14.7. The number of aliphatic carboxylic acids is 2. The maximum Gasteiger partial charge on any atom is 0.408 e. The van der Waals surface area contributed by atoms with E-state index in [4.69, 9.17) is 4.74 Å². The van der Waals surface area contributed by atoms with E-state index in [2.05, 4.69) is 5.32 Å². The third kappa shape index (κ3) is 6.33. The molecule has 0 aromatic carbocycles. The van der Waals surface area contributed by atoms with E-state index in [1.165, 1.54) is 4.90 Å². The monoisotopic (exact) mass is 455 g/mol. The second-order valence-corrected chi connectivity index (χ2v) is 9.76. The highest BCUT2D eigenvalue weighted by Crippen LogP contribution is 2.33. The van der Waals surface area contributed by atoms with E-state index >= 15 is 0 Å². The van der Waals surface area contributed by atoms with Crippen molar-refractivity contribution < 1.29 is 38.9 Å². The van der Waals surface area contributed by atoms with Crippen LogP contribution in [0.4, 0.5) is 4.79 Å². The standard InChI is InChI=1S/C21H33N3O8/c1-11(2)9-13(22-20(31)32-21(3,4)5)17(26)23-8-6-7-12(10-23)16(25)24-14(18(27)28)15(24)19(29)30/h11-15H,6-10H2,1-5H3,(H,22,31)(H,27,28)(H,29,30)/t12-,13-,14+,15+/m1/s1. The van der Waals surface area contributed by atoms with Gasteiger partial charge in [0.05, 0.1) is 5.92 Å². The van der Waals surface area contributed by atoms with Crippen molar-refractivity contribution in [2.45, 2.75) is 77.6 Å². The Hall–Kier alpha value is -2.85. The minimum atomic E-state index is -1.38. The van der Waals surface area contributed by atoms with Gasteiger partial charge in [0, 0.05) is 13.1 Å². The fraction of sp³-hybridized carbons (Fsp3) is 0.762. The Morgan fingerprint density at radius 2 is 1.62 bits per heavy atom. The van der Waals surface area contributed by atoms with Crippen LogP contribution in [0.15, 0.2) is 0 Å². The van der Waals surface area contributed by atoms with Gasteiger partial charge >= 0.3 is 18.0 Å². The smallest absolute Gasteiger partial charge is 0.408 e. The van der Waals surface area contributed by atoms with Crippen LogP contribution in [0.3, 0.4) is 0 Å². The lowest BCUT2D eigenvalue weighted by atomic mass is 9.95. The first-order valence-electron chi connectivity index (χ1n) is 10.8. The Morgan fingerprint density at radius 1 is 1.06 bits per heavy atom. The molecule has 0 aromatic heterocycles. The van der Waals surface area contributed by atoms with Crippen LogP contribution in [0.25, 0.3) is 0 Å². The first-order valence-corrected chi connectivity index (χ1v) is 10.8. The average Bonchev–Trinajstić information content (AvgIpc) is 3.41. The summed E-state index contributed by atoms with van der Waals surface area (Å²) in [5.41, 5.74) is -0.724. The third-order valence-corrected chi connectivity index (χ3v) is 5.35. The molecule has 2 aliphatic rings. The van der Waals surface area contributed by atoms with Crippen molar-refractivity contribution in [3.63, 3.8) is 0 Å². The third-order valence-electron chi connectivity index (χ3n) is 5.35. The van der Waals surface area contributed by atoms with Crippen molar-refractivity contribution in [3.8, 4) is 0 Å². The molecular formula is C21H33N3O8. The zero-order valence-corrected chi connectivity index (χ0v) is 19.2. The van der Waals surface area contributed by atoms with E-state index in [-0.39, 0.29) is 18.4 Å². The average molecular weight is 456 g/mol. The molecule has 0 radical (unpaired) electrons. The molecule has 2 fully saturated rings. The SMILES string of the molecule is CC(C)C[C@@H](NC(=O)OC(C)(C)C)C(=O)N1CCC[C@@H](C(=O)N2[C@H](C(=O)O)[C@H]2C(=O)O)C1. The molecule has 3 amide bonds. The number of amides is 3. The summed E-state index contributed by atoms with van der Waals surface area (Å²) in [6, 6.07) is -3.60. The number of rotatable bonds is 7. The second-order valence-electron chi connectivity index (χ2n) is 9.76. The van der Waals surface area contributed by atoms with Gasteiger partial charge in [0.2, 0.25) is 11.8 Å². The lowest BCUT2D eigenvalue weighted by Gasteiger charge is -2.35. The number of nitrogens with one attached hydrogen (secondary N) is 1. The molecule has 2 heterocycles. The van der Waals surface area contributed by atoms with E-state index < -0.39 is 53.6 Å². The van der Waals surface area contributed by atoms with Gasteiger partial charge < -0.3 is 30.1 Å². The van der Waals surface area contributed by atoms with Gasteiger partial charge in [-0.15, -0.1) is 0 Å². The van der Waals surface area contributed by atoms with Gasteiger partial charge in [-0.3, -0.25) is 9.59 Å². The lowest BCUT2D eigenvalue weighted by Crippen LogP contribution is -2.53. The molecule has 2 aliphatic heterocycles. The fourth-order valence-corrected chi connectivity index (χ4v) is 3.97. The lowest BCUT2D eigenvalue weighted by molar-refractivity contribution is -0.144. The number of carboxylic acids is 2. The molecule has 32 heavy (non-hydrogen) atoms. The summed E-state index contributed by atoms with van der Waals surface area (Å²) >= 11 is 0. The molecule has 0 aromatic rings. The minimum absolute atomic E-state index is 0.0391. The highest BCUT2D eigenvalue weighted by molar-refractivity contribution is 6.00. The molecule has 2 rings (SSSR count). The predicted octanol–water partition coefficient (Wildman–Crippen LogP) is 0.913. The minimum Gasteiger partial charge on any atom is -0.480 e. The van der Waals surface area contributed by atoms with Crippen molar-refractivity contribution in [2.75, 3.05) is 13.1 Å². The summed E-state index contributed by atoms with van der Waals surface area (Å²) in [4.78, 5) is 63.1. The van der Waals surface area contributed by atoms with E-state index in [0.717, 1.165) is 4.90 Å². The van der Waals surface area contributed by atoms with Gasteiger partial charge in [-0.2, -0.15) is 0 Å². The molecule has 0 bridgehead atoms. The zero-order valence-electron chi connectivity index (χ0n) is 19.2. The van der Waals surface area contributed by atoms with Crippen molar-refractivity contribution in [3.05, 3.63) is 0 Å². The molecule has 180 valence electrons. The number of hydrogen-bond acceptors (Lipinski definition) is 6. The van der Waals surface area contributed by atoms with E-state index in [0.29, 0.717) is 25.8 Å². The van der Waals surface area contributed by atoms with Crippen LogP contribution >= 0.6 is 0 Å². The van der Waals surface area contributed by atoms with Crippen LogP contribution in [0, 0.1) is 11.8 Å². The molecule has 3 N–H and O–H groups in total. The largest absolute Gasteiger partial charge is 0.480 e. The van der Waals surface area contributed by atoms with Crippen LogP contribution in [0.1, 0.15) is 53.9 Å². The van der Waals surface area contributed by atoms with Crippen molar-refractivity contribution in [1.29, 1.82) is 0 Å². The molecule has 11 nitrogen and oxygen atoms in total. The van der Waals surface area contributed by atoms with Crippen molar-refractivity contribution in [1.82, 2.24) is 15.1 Å². The normalized spacial score (nSPS) is 24.0. The Bertz CT molecular complexity index is 755. The van der Waals surface area contributed by atoms with Crippen LogP contribution in [-0.4, -0.2) is 86.7 Å². The van der Waals surface area contributed by atoms with Gasteiger partial charge in [-0.25, -0.2) is 14.4 Å². The maximum atomic E-state index is 13.2. The van der Waals surface area contributed by atoms with Gasteiger partial charge in [-0.1, -0.05) is 13.8 Å². The van der Waals surface area contributed by atoms with Crippen molar-refractivity contribution in [2.24, 2.45) is 11.8 Å². The van der Waals surface area contributed by atoms with Gasteiger partial charge in [0.15, 0.2) is 12.1 Å². The van der Waals surface area contributed by atoms with E-state index in [9.17, 15) is 34.2 Å². The number of alkyl carbamates (subject to hydrolysis) is 1. The number of carbonyl (C=O) groups is 5. The van der Waals surface area contributed by atoms with Gasteiger partial charge in [-0.05, 0) is 46.0 Å². The molecule has 0 saturated carbocycles. The second kappa shape index (κ2) is 9.74. The molecular weight excluding hydrogens is 422 g/mol. The quantitative estimate of drug-likeness (QED) is 0.479. The molecule has 4 atom stereocenters. The predicted molar refractivity (Wildman–Crippen MR) is 112 cm³/mol. The number of piperidine rings is 1. The molecule has 11 heteroatoms. The summed E-state index contributed by atoms with van der Waals surface area (Å²) in [5, 5.41) is 21.0. The van der Waals surface area contributed by atoms with Crippen LogP contribution < -0.4 is 5.32 Å². The van der Waals surface area contributed by atoms with E-state index in [1.807, 2.05) is 13.8 Å².